The molecule has 0 radical (unpaired) electrons. The van der Waals surface area contributed by atoms with Crippen molar-refractivity contribution in [2.75, 3.05) is 7.11 Å². The van der Waals surface area contributed by atoms with Crippen LogP contribution in [0.25, 0.3) is 0 Å². The van der Waals surface area contributed by atoms with E-state index in [9.17, 15) is 18.4 Å². The van der Waals surface area contributed by atoms with Gasteiger partial charge in [0, 0.05) is 17.5 Å². The summed E-state index contributed by atoms with van der Waals surface area (Å²) in [5.74, 6) is -3.87. The van der Waals surface area contributed by atoms with E-state index >= 15 is 0 Å². The Labute approximate surface area is 120 Å². The second kappa shape index (κ2) is 7.33. The van der Waals surface area contributed by atoms with E-state index in [1.807, 2.05) is 6.07 Å². The van der Waals surface area contributed by atoms with E-state index in [1.54, 1.807) is 6.92 Å². The summed E-state index contributed by atoms with van der Waals surface area (Å²) in [5.41, 5.74) is -0.258. The summed E-state index contributed by atoms with van der Waals surface area (Å²) in [6.45, 7) is 1.57. The topological polar surface area (TPSA) is 79.2 Å². The number of amides is 1. The van der Waals surface area contributed by atoms with Gasteiger partial charge in [0.25, 0.3) is 5.91 Å². The number of hydrogen-bond donors (Lipinski definition) is 1. The molecular weight excluding hydrogens is 282 g/mol. The van der Waals surface area contributed by atoms with Crippen LogP contribution in [0.3, 0.4) is 0 Å². The van der Waals surface area contributed by atoms with Crippen molar-refractivity contribution in [1.82, 2.24) is 5.32 Å². The number of methoxy groups -OCH3 is 1. The Bertz CT molecular complexity index is 564. The van der Waals surface area contributed by atoms with E-state index < -0.39 is 35.5 Å². The van der Waals surface area contributed by atoms with Crippen LogP contribution in [0.1, 0.15) is 23.7 Å². The van der Waals surface area contributed by atoms with Gasteiger partial charge in [-0.2, -0.15) is 5.26 Å². The van der Waals surface area contributed by atoms with Crippen molar-refractivity contribution in [3.05, 3.63) is 35.4 Å². The number of rotatable bonds is 5. The maximum Gasteiger partial charge on any atom is 0.328 e. The Morgan fingerprint density at radius 1 is 1.33 bits per heavy atom. The monoisotopic (exact) mass is 296 g/mol. The first-order valence-corrected chi connectivity index (χ1v) is 6.11. The molecule has 7 heteroatoms. The zero-order valence-electron chi connectivity index (χ0n) is 11.5. The Morgan fingerprint density at radius 3 is 2.38 bits per heavy atom. The molecule has 0 saturated heterocycles. The van der Waals surface area contributed by atoms with Gasteiger partial charge in [-0.05, 0) is 25.5 Å². The highest BCUT2D eigenvalue weighted by molar-refractivity contribution is 5.96. The number of halogens is 2. The van der Waals surface area contributed by atoms with Crippen molar-refractivity contribution >= 4 is 11.9 Å². The van der Waals surface area contributed by atoms with E-state index in [0.717, 1.165) is 19.2 Å². The number of nitriles is 1. The van der Waals surface area contributed by atoms with Gasteiger partial charge in [-0.1, -0.05) is 0 Å². The highest BCUT2D eigenvalue weighted by atomic mass is 19.1. The van der Waals surface area contributed by atoms with Gasteiger partial charge in [0.1, 0.15) is 17.7 Å². The van der Waals surface area contributed by atoms with Crippen LogP contribution in [-0.4, -0.2) is 25.0 Å². The first-order valence-electron chi connectivity index (χ1n) is 6.11. The quantitative estimate of drug-likeness (QED) is 0.840. The Kier molecular flexibility index (Phi) is 5.79. The molecule has 0 unspecified atom stereocenters. The number of carbonyl (C=O) groups is 2. The van der Waals surface area contributed by atoms with E-state index in [0.29, 0.717) is 6.07 Å². The Balaban J connectivity index is 2.89. The lowest BCUT2D eigenvalue weighted by atomic mass is 10.0. The van der Waals surface area contributed by atoms with Gasteiger partial charge in [0.05, 0.1) is 13.2 Å². The molecule has 0 aromatic heterocycles. The van der Waals surface area contributed by atoms with Crippen LogP contribution >= 0.6 is 0 Å². The number of benzene rings is 1. The molecule has 112 valence electrons. The number of ether oxygens (including phenoxy) is 1. The van der Waals surface area contributed by atoms with Crippen molar-refractivity contribution in [2.24, 2.45) is 5.92 Å². The zero-order chi connectivity index (χ0) is 16.0. The molecule has 1 rings (SSSR count). The Hall–Kier alpha value is -2.49. The molecule has 1 N–H and O–H groups in total. The lowest BCUT2D eigenvalue weighted by molar-refractivity contribution is -0.143. The minimum Gasteiger partial charge on any atom is -0.467 e. The predicted molar refractivity (Wildman–Crippen MR) is 69.0 cm³/mol. The van der Waals surface area contributed by atoms with Gasteiger partial charge < -0.3 is 10.1 Å². The van der Waals surface area contributed by atoms with Crippen LogP contribution < -0.4 is 5.32 Å². The van der Waals surface area contributed by atoms with Crippen molar-refractivity contribution in [3.63, 3.8) is 0 Å². The van der Waals surface area contributed by atoms with Crippen LogP contribution in [-0.2, 0) is 9.53 Å². The molecular formula is C14H14F2N2O3. The van der Waals surface area contributed by atoms with E-state index in [1.165, 1.54) is 0 Å². The molecule has 21 heavy (non-hydrogen) atoms. The molecule has 0 aliphatic heterocycles. The minimum atomic E-state index is -1.07. The normalized spacial score (nSPS) is 12.9. The molecule has 1 aromatic carbocycles. The van der Waals surface area contributed by atoms with Crippen molar-refractivity contribution < 1.29 is 23.1 Å². The molecule has 0 aliphatic carbocycles. The summed E-state index contributed by atoms with van der Waals surface area (Å²) >= 11 is 0. The predicted octanol–water partition coefficient (Wildman–Crippen LogP) is 1.79. The number of nitrogens with one attached hydrogen (secondary N) is 1. The third-order valence-corrected chi connectivity index (χ3v) is 2.73. The average Bonchev–Trinajstić information content (AvgIpc) is 2.44. The first-order chi connectivity index (χ1) is 9.87. The molecule has 0 bridgehead atoms. The Morgan fingerprint density at radius 2 is 1.90 bits per heavy atom. The van der Waals surface area contributed by atoms with Crippen LogP contribution in [0.15, 0.2) is 18.2 Å². The van der Waals surface area contributed by atoms with Crippen LogP contribution in [0.5, 0.6) is 0 Å². The van der Waals surface area contributed by atoms with Crippen LogP contribution in [0.2, 0.25) is 0 Å². The number of esters is 1. The maximum absolute atomic E-state index is 13.1. The molecule has 0 fully saturated rings. The summed E-state index contributed by atoms with van der Waals surface area (Å²) in [6, 6.07) is 3.19. The van der Waals surface area contributed by atoms with Gasteiger partial charge >= 0.3 is 5.97 Å². The highest BCUT2D eigenvalue weighted by Gasteiger charge is 2.24. The number of hydrogen-bond acceptors (Lipinski definition) is 4. The smallest absolute Gasteiger partial charge is 0.328 e. The summed E-state index contributed by atoms with van der Waals surface area (Å²) < 4.78 is 30.7. The standard InChI is InChI=1S/C14H14F2N2O3/c1-8(7-17)3-12(14(20)21-2)18-13(19)9-4-10(15)6-11(16)5-9/h4-6,8,12H,3H2,1-2H3,(H,18,19)/t8-,12-/m1/s1. The number of carbonyl (C=O) groups excluding carboxylic acids is 2. The second-order valence-electron chi connectivity index (χ2n) is 4.47. The summed E-state index contributed by atoms with van der Waals surface area (Å²) in [5, 5.41) is 11.1. The molecule has 0 spiro atoms. The zero-order valence-corrected chi connectivity index (χ0v) is 11.5. The molecule has 1 amide bonds. The lowest BCUT2D eigenvalue weighted by Crippen LogP contribution is -2.42. The average molecular weight is 296 g/mol. The molecule has 2 atom stereocenters. The molecule has 0 saturated carbocycles. The minimum absolute atomic E-state index is 0.0344. The van der Waals surface area contributed by atoms with E-state index in [-0.39, 0.29) is 12.0 Å². The maximum atomic E-state index is 13.1. The fraction of sp³-hybridized carbons (Fsp3) is 0.357. The number of nitrogens with zero attached hydrogens (tertiary/aromatic N) is 1. The van der Waals surface area contributed by atoms with E-state index in [2.05, 4.69) is 10.1 Å². The van der Waals surface area contributed by atoms with Crippen LogP contribution in [0.4, 0.5) is 8.78 Å². The highest BCUT2D eigenvalue weighted by Crippen LogP contribution is 2.11. The largest absolute Gasteiger partial charge is 0.467 e. The fourth-order valence-corrected chi connectivity index (χ4v) is 1.69. The van der Waals surface area contributed by atoms with Gasteiger partial charge in [-0.25, -0.2) is 13.6 Å². The first kappa shape index (κ1) is 16.6. The third-order valence-electron chi connectivity index (χ3n) is 2.73. The fourth-order valence-electron chi connectivity index (χ4n) is 1.69. The van der Waals surface area contributed by atoms with Gasteiger partial charge in [-0.3, -0.25) is 4.79 Å². The summed E-state index contributed by atoms with van der Waals surface area (Å²) in [7, 11) is 1.14. The van der Waals surface area contributed by atoms with E-state index in [4.69, 9.17) is 5.26 Å². The molecule has 0 heterocycles. The van der Waals surface area contributed by atoms with Crippen molar-refractivity contribution in [2.45, 2.75) is 19.4 Å². The SMILES string of the molecule is COC(=O)[C@@H](C[C@@H](C)C#N)NC(=O)c1cc(F)cc(F)c1. The van der Waals surface area contributed by atoms with Gasteiger partial charge in [0.2, 0.25) is 0 Å². The third kappa shape index (κ3) is 4.84. The van der Waals surface area contributed by atoms with Gasteiger partial charge in [0.15, 0.2) is 0 Å². The van der Waals surface area contributed by atoms with Gasteiger partial charge in [-0.15, -0.1) is 0 Å². The molecule has 1 aromatic rings. The molecule has 5 nitrogen and oxygen atoms in total. The molecule has 0 aliphatic rings. The van der Waals surface area contributed by atoms with Crippen molar-refractivity contribution in [1.29, 1.82) is 5.26 Å². The summed E-state index contributed by atoms with van der Waals surface area (Å²) in [6.07, 6.45) is 0.0344. The summed E-state index contributed by atoms with van der Waals surface area (Å²) in [4.78, 5) is 23.5. The van der Waals surface area contributed by atoms with Crippen LogP contribution in [0, 0.1) is 28.9 Å². The van der Waals surface area contributed by atoms with Crippen molar-refractivity contribution in [3.8, 4) is 6.07 Å². The second-order valence-corrected chi connectivity index (χ2v) is 4.47. The lowest BCUT2D eigenvalue weighted by Gasteiger charge is -2.17.